The van der Waals surface area contributed by atoms with Gasteiger partial charge in [0.05, 0.1) is 12.5 Å². The van der Waals surface area contributed by atoms with Crippen LogP contribution in [0.25, 0.3) is 0 Å². The Morgan fingerprint density at radius 1 is 1.24 bits per heavy atom. The maximum Gasteiger partial charge on any atom is 0.240 e. The van der Waals surface area contributed by atoms with Gasteiger partial charge in [-0.2, -0.15) is 0 Å². The molecule has 4 N–H and O–H groups in total. The molecular formula is C12H21N3O2. The van der Waals surface area contributed by atoms with Crippen LogP contribution in [0.15, 0.2) is 0 Å². The quantitative estimate of drug-likeness (QED) is 0.725. The Morgan fingerprint density at radius 2 is 1.94 bits per heavy atom. The summed E-state index contributed by atoms with van der Waals surface area (Å²) in [6.45, 7) is 0.784. The average molecular weight is 239 g/mol. The summed E-state index contributed by atoms with van der Waals surface area (Å²) in [5.41, 5.74) is 10.8. The summed E-state index contributed by atoms with van der Waals surface area (Å²) in [6.07, 6.45) is 5.73. The van der Waals surface area contributed by atoms with E-state index in [-0.39, 0.29) is 12.3 Å². The monoisotopic (exact) mass is 239 g/mol. The third-order valence-corrected chi connectivity index (χ3v) is 4.01. The van der Waals surface area contributed by atoms with Crippen molar-refractivity contribution in [2.75, 3.05) is 6.54 Å². The summed E-state index contributed by atoms with van der Waals surface area (Å²) in [6, 6.07) is -0.401. The highest BCUT2D eigenvalue weighted by molar-refractivity contribution is 5.87. The highest BCUT2D eigenvalue weighted by Crippen LogP contribution is 2.36. The number of rotatable bonds is 3. The molecule has 0 aromatic rings. The molecule has 3 unspecified atom stereocenters. The van der Waals surface area contributed by atoms with Crippen molar-refractivity contribution in [1.29, 1.82) is 0 Å². The molecular weight excluding hydrogens is 218 g/mol. The van der Waals surface area contributed by atoms with Gasteiger partial charge in [0.2, 0.25) is 11.8 Å². The highest BCUT2D eigenvalue weighted by Gasteiger charge is 2.38. The average Bonchev–Trinajstić information content (AvgIpc) is 2.74. The molecule has 5 nitrogen and oxygen atoms in total. The second kappa shape index (κ2) is 5.04. The lowest BCUT2D eigenvalue weighted by molar-refractivity contribution is -0.138. The SMILES string of the molecule is NC(=O)CC(N)C(=O)N1CCCC2CCCC21. The zero-order valence-electron chi connectivity index (χ0n) is 10.1. The molecule has 1 heterocycles. The predicted octanol–water partition coefficient (Wildman–Crippen LogP) is -0.0198. The molecule has 5 heteroatoms. The lowest BCUT2D eigenvalue weighted by Crippen LogP contribution is -2.53. The Labute approximate surface area is 102 Å². The zero-order valence-corrected chi connectivity index (χ0v) is 10.1. The molecule has 1 aliphatic carbocycles. The first-order valence-corrected chi connectivity index (χ1v) is 6.44. The molecule has 1 saturated carbocycles. The van der Waals surface area contributed by atoms with E-state index in [4.69, 9.17) is 11.5 Å². The standard InChI is InChI=1S/C12H21N3O2/c13-9(7-11(14)16)12(17)15-6-2-4-8-3-1-5-10(8)15/h8-10H,1-7,13H2,(H2,14,16). The zero-order chi connectivity index (χ0) is 12.4. The maximum absolute atomic E-state index is 12.2. The number of likely N-dealkylation sites (tertiary alicyclic amines) is 1. The number of nitrogens with zero attached hydrogens (tertiary/aromatic N) is 1. The van der Waals surface area contributed by atoms with Gasteiger partial charge in [0.1, 0.15) is 0 Å². The molecule has 0 spiro atoms. The Balaban J connectivity index is 2.00. The molecule has 2 fully saturated rings. The number of piperidine rings is 1. The molecule has 2 rings (SSSR count). The fourth-order valence-electron chi connectivity index (χ4n) is 3.24. The Morgan fingerprint density at radius 3 is 2.65 bits per heavy atom. The fraction of sp³-hybridized carbons (Fsp3) is 0.833. The van der Waals surface area contributed by atoms with Gasteiger partial charge in [0.15, 0.2) is 0 Å². The van der Waals surface area contributed by atoms with E-state index in [1.165, 1.54) is 19.3 Å². The molecule has 1 saturated heterocycles. The minimum absolute atomic E-state index is 0.0489. The number of fused-ring (bicyclic) bond motifs is 1. The summed E-state index contributed by atoms with van der Waals surface area (Å²) in [7, 11) is 0. The van der Waals surface area contributed by atoms with Crippen molar-refractivity contribution in [1.82, 2.24) is 4.90 Å². The summed E-state index contributed by atoms with van der Waals surface area (Å²) in [4.78, 5) is 24.9. The van der Waals surface area contributed by atoms with Crippen molar-refractivity contribution in [3.8, 4) is 0 Å². The lowest BCUT2D eigenvalue weighted by atomic mass is 9.91. The van der Waals surface area contributed by atoms with Crippen LogP contribution in [-0.4, -0.2) is 35.3 Å². The van der Waals surface area contributed by atoms with E-state index in [0.29, 0.717) is 12.0 Å². The van der Waals surface area contributed by atoms with Gasteiger partial charge in [-0.3, -0.25) is 9.59 Å². The van der Waals surface area contributed by atoms with E-state index in [2.05, 4.69) is 0 Å². The highest BCUT2D eigenvalue weighted by atomic mass is 16.2. The number of hydrogen-bond acceptors (Lipinski definition) is 3. The Kier molecular flexibility index (Phi) is 3.66. The van der Waals surface area contributed by atoms with E-state index in [1.807, 2.05) is 4.90 Å². The normalized spacial score (nSPS) is 29.8. The van der Waals surface area contributed by atoms with Crippen LogP contribution in [0.2, 0.25) is 0 Å². The molecule has 0 aromatic carbocycles. The molecule has 0 radical (unpaired) electrons. The maximum atomic E-state index is 12.2. The third kappa shape index (κ3) is 2.60. The van der Waals surface area contributed by atoms with Crippen molar-refractivity contribution in [2.45, 2.75) is 50.6 Å². The second-order valence-corrected chi connectivity index (χ2v) is 5.21. The van der Waals surface area contributed by atoms with Crippen molar-refractivity contribution in [3.05, 3.63) is 0 Å². The molecule has 96 valence electrons. The fourth-order valence-corrected chi connectivity index (χ4v) is 3.24. The van der Waals surface area contributed by atoms with Gasteiger partial charge in [-0.15, -0.1) is 0 Å². The van der Waals surface area contributed by atoms with Crippen LogP contribution in [0.4, 0.5) is 0 Å². The van der Waals surface area contributed by atoms with Gasteiger partial charge < -0.3 is 16.4 Å². The van der Waals surface area contributed by atoms with E-state index >= 15 is 0 Å². The summed E-state index contributed by atoms with van der Waals surface area (Å²) < 4.78 is 0. The van der Waals surface area contributed by atoms with Crippen molar-refractivity contribution < 1.29 is 9.59 Å². The van der Waals surface area contributed by atoms with Gasteiger partial charge in [0.25, 0.3) is 0 Å². The topological polar surface area (TPSA) is 89.4 Å². The number of carbonyl (C=O) groups is 2. The minimum Gasteiger partial charge on any atom is -0.370 e. The number of amides is 2. The molecule has 0 bridgehead atoms. The summed E-state index contributed by atoms with van der Waals surface area (Å²) >= 11 is 0. The smallest absolute Gasteiger partial charge is 0.240 e. The van der Waals surface area contributed by atoms with Gasteiger partial charge in [0, 0.05) is 12.6 Å². The first kappa shape index (κ1) is 12.4. The van der Waals surface area contributed by atoms with Crippen molar-refractivity contribution in [2.24, 2.45) is 17.4 Å². The number of hydrogen-bond donors (Lipinski definition) is 2. The van der Waals surface area contributed by atoms with Crippen LogP contribution in [0.5, 0.6) is 0 Å². The number of nitrogens with two attached hydrogens (primary N) is 2. The summed E-state index contributed by atoms with van der Waals surface area (Å²) in [5, 5.41) is 0. The number of carbonyl (C=O) groups excluding carboxylic acids is 2. The molecule has 2 aliphatic rings. The van der Waals surface area contributed by atoms with Crippen molar-refractivity contribution in [3.63, 3.8) is 0 Å². The lowest BCUT2D eigenvalue weighted by Gasteiger charge is -2.39. The van der Waals surface area contributed by atoms with Crippen LogP contribution >= 0.6 is 0 Å². The second-order valence-electron chi connectivity index (χ2n) is 5.21. The van der Waals surface area contributed by atoms with Crippen LogP contribution in [0.1, 0.15) is 38.5 Å². The number of primary amides is 1. The first-order chi connectivity index (χ1) is 8.09. The minimum atomic E-state index is -0.758. The van der Waals surface area contributed by atoms with Crippen LogP contribution in [-0.2, 0) is 9.59 Å². The van der Waals surface area contributed by atoms with Gasteiger partial charge in [-0.05, 0) is 31.6 Å². The van der Waals surface area contributed by atoms with Crippen LogP contribution < -0.4 is 11.5 Å². The van der Waals surface area contributed by atoms with Gasteiger partial charge in [-0.1, -0.05) is 6.42 Å². The molecule has 3 atom stereocenters. The van der Waals surface area contributed by atoms with E-state index < -0.39 is 11.9 Å². The largest absolute Gasteiger partial charge is 0.370 e. The molecule has 2 amide bonds. The van der Waals surface area contributed by atoms with E-state index in [9.17, 15) is 9.59 Å². The van der Waals surface area contributed by atoms with Crippen LogP contribution in [0.3, 0.4) is 0 Å². The third-order valence-electron chi connectivity index (χ3n) is 4.01. The van der Waals surface area contributed by atoms with Crippen LogP contribution in [0, 0.1) is 5.92 Å². The summed E-state index contributed by atoms with van der Waals surface area (Å²) in [5.74, 6) is 0.0414. The Hall–Kier alpha value is -1.10. The van der Waals surface area contributed by atoms with Gasteiger partial charge in [-0.25, -0.2) is 0 Å². The van der Waals surface area contributed by atoms with Gasteiger partial charge >= 0.3 is 0 Å². The molecule has 17 heavy (non-hydrogen) atoms. The molecule has 0 aromatic heterocycles. The van der Waals surface area contributed by atoms with E-state index in [1.54, 1.807) is 0 Å². The Bertz CT molecular complexity index is 319. The predicted molar refractivity (Wildman–Crippen MR) is 63.9 cm³/mol. The molecule has 1 aliphatic heterocycles. The first-order valence-electron chi connectivity index (χ1n) is 6.44. The van der Waals surface area contributed by atoms with Crippen molar-refractivity contribution >= 4 is 11.8 Å². The van der Waals surface area contributed by atoms with E-state index in [0.717, 1.165) is 19.4 Å².